The van der Waals surface area contributed by atoms with Crippen LogP contribution in [0, 0.1) is 12.7 Å². The molecule has 0 spiro atoms. The van der Waals surface area contributed by atoms with Crippen LogP contribution in [0.2, 0.25) is 0 Å². The SMILES string of the molecule is Cc1ccc(OCC(=O)NC23CCC(NC(=O)c4cnc(C(F)F)cn4)(CC2)[C@@H](O)C3)cc1F. The summed E-state index contributed by atoms with van der Waals surface area (Å²) in [6.07, 6.45) is 0.205. The third-order valence-corrected chi connectivity index (χ3v) is 6.73. The van der Waals surface area contributed by atoms with E-state index < -0.39 is 41.0 Å². The molecule has 1 aromatic heterocycles. The number of amides is 2. The predicted octanol–water partition coefficient (Wildman–Crippen LogP) is 2.60. The molecule has 11 heteroatoms. The summed E-state index contributed by atoms with van der Waals surface area (Å²) in [5.74, 6) is -1.17. The van der Waals surface area contributed by atoms with E-state index in [2.05, 4.69) is 20.6 Å². The third-order valence-electron chi connectivity index (χ3n) is 6.73. The second-order valence-corrected chi connectivity index (χ2v) is 8.99. The van der Waals surface area contributed by atoms with Crippen LogP contribution in [-0.4, -0.2) is 50.7 Å². The van der Waals surface area contributed by atoms with Gasteiger partial charge in [0.25, 0.3) is 18.2 Å². The van der Waals surface area contributed by atoms with Crippen LogP contribution in [0.25, 0.3) is 0 Å². The fourth-order valence-electron chi connectivity index (χ4n) is 4.66. The van der Waals surface area contributed by atoms with Crippen molar-refractivity contribution in [1.82, 2.24) is 20.6 Å². The number of halogens is 3. The van der Waals surface area contributed by atoms with E-state index in [0.29, 0.717) is 31.2 Å². The van der Waals surface area contributed by atoms with Gasteiger partial charge in [0, 0.05) is 11.6 Å². The van der Waals surface area contributed by atoms with Gasteiger partial charge >= 0.3 is 0 Å². The number of carbonyl (C=O) groups excluding carboxylic acids is 2. The largest absolute Gasteiger partial charge is 0.484 e. The van der Waals surface area contributed by atoms with Crippen molar-refractivity contribution in [2.75, 3.05) is 6.61 Å². The first-order chi connectivity index (χ1) is 16.1. The normalized spacial score (nSPS) is 25.8. The van der Waals surface area contributed by atoms with Gasteiger partial charge in [-0.3, -0.25) is 14.6 Å². The summed E-state index contributed by atoms with van der Waals surface area (Å²) in [7, 11) is 0. The van der Waals surface area contributed by atoms with Gasteiger partial charge in [-0.1, -0.05) is 6.07 Å². The molecular formula is C23H25F3N4O4. The Bertz CT molecular complexity index is 1070. The Morgan fingerprint density at radius 1 is 1.18 bits per heavy atom. The maximum atomic E-state index is 13.6. The number of alkyl halides is 2. The van der Waals surface area contributed by atoms with Gasteiger partial charge in [-0.2, -0.15) is 0 Å². The van der Waals surface area contributed by atoms with E-state index in [-0.39, 0.29) is 30.4 Å². The minimum absolute atomic E-state index is 0.119. The van der Waals surface area contributed by atoms with Gasteiger partial charge < -0.3 is 20.5 Å². The van der Waals surface area contributed by atoms with Crippen molar-refractivity contribution in [3.63, 3.8) is 0 Å². The Morgan fingerprint density at radius 3 is 2.50 bits per heavy atom. The van der Waals surface area contributed by atoms with Gasteiger partial charge in [-0.25, -0.2) is 18.2 Å². The number of nitrogens with zero attached hydrogens (tertiary/aromatic N) is 2. The van der Waals surface area contributed by atoms with E-state index in [1.165, 1.54) is 6.07 Å². The number of aromatic nitrogens is 2. The predicted molar refractivity (Wildman–Crippen MR) is 114 cm³/mol. The van der Waals surface area contributed by atoms with Crippen LogP contribution in [0.5, 0.6) is 5.75 Å². The number of aryl methyl sites for hydroxylation is 1. The number of rotatable bonds is 7. The number of fused-ring (bicyclic) bond motifs is 3. The van der Waals surface area contributed by atoms with E-state index in [1.807, 2.05) is 0 Å². The lowest BCUT2D eigenvalue weighted by Crippen LogP contribution is -2.70. The molecule has 1 heterocycles. The molecule has 1 aromatic carbocycles. The van der Waals surface area contributed by atoms with Gasteiger partial charge in [-0.05, 0) is 50.7 Å². The zero-order chi connectivity index (χ0) is 24.5. The number of benzene rings is 1. The van der Waals surface area contributed by atoms with Crippen molar-refractivity contribution >= 4 is 11.8 Å². The highest BCUT2D eigenvalue weighted by Crippen LogP contribution is 2.47. The van der Waals surface area contributed by atoms with Crippen LogP contribution < -0.4 is 15.4 Å². The maximum Gasteiger partial charge on any atom is 0.281 e. The molecule has 2 bridgehead atoms. The summed E-state index contributed by atoms with van der Waals surface area (Å²) < 4.78 is 44.3. The van der Waals surface area contributed by atoms with Crippen LogP contribution in [0.3, 0.4) is 0 Å². The minimum Gasteiger partial charge on any atom is -0.484 e. The standard InChI is InChI=1S/C23H25F3N4O4/c1-13-2-3-14(8-15(13)24)34-12-19(32)29-22-4-6-23(7-5-22,18(31)9-22)30-21(33)17-11-27-16(10-28-17)20(25)26/h2-3,8,10-11,18,20,31H,4-7,9,12H2,1H3,(H,29,32)(H,30,33)/t18-,22?,23?/m0/s1. The van der Waals surface area contributed by atoms with Crippen LogP contribution in [0.15, 0.2) is 30.6 Å². The molecule has 3 saturated carbocycles. The van der Waals surface area contributed by atoms with E-state index in [4.69, 9.17) is 4.74 Å². The van der Waals surface area contributed by atoms with E-state index in [1.54, 1.807) is 19.1 Å². The number of nitrogens with one attached hydrogen (secondary N) is 2. The molecule has 8 nitrogen and oxygen atoms in total. The number of aliphatic hydroxyl groups excluding tert-OH is 1. The lowest BCUT2D eigenvalue weighted by Gasteiger charge is -2.56. The summed E-state index contributed by atoms with van der Waals surface area (Å²) in [6, 6.07) is 4.36. The van der Waals surface area contributed by atoms with E-state index in [0.717, 1.165) is 12.4 Å². The van der Waals surface area contributed by atoms with Crippen molar-refractivity contribution in [2.24, 2.45) is 0 Å². The third kappa shape index (κ3) is 4.84. The van der Waals surface area contributed by atoms with Gasteiger partial charge in [-0.15, -0.1) is 0 Å². The summed E-state index contributed by atoms with van der Waals surface area (Å²) in [4.78, 5) is 32.4. The fraction of sp³-hybridized carbons (Fsp3) is 0.478. The first kappa shape index (κ1) is 23.9. The van der Waals surface area contributed by atoms with Crippen molar-refractivity contribution < 1.29 is 32.6 Å². The van der Waals surface area contributed by atoms with E-state index >= 15 is 0 Å². The highest BCUT2D eigenvalue weighted by molar-refractivity contribution is 5.92. The smallest absolute Gasteiger partial charge is 0.281 e. The molecule has 1 atom stereocenters. The minimum atomic E-state index is -2.78. The molecule has 182 valence electrons. The Hall–Kier alpha value is -3.21. The summed E-state index contributed by atoms with van der Waals surface area (Å²) in [5.41, 5.74) is -1.71. The molecule has 3 fully saturated rings. The van der Waals surface area contributed by atoms with Crippen LogP contribution in [0.1, 0.15) is 60.3 Å². The van der Waals surface area contributed by atoms with Crippen LogP contribution >= 0.6 is 0 Å². The molecule has 34 heavy (non-hydrogen) atoms. The van der Waals surface area contributed by atoms with Gasteiger partial charge in [0.15, 0.2) is 6.61 Å². The molecule has 0 radical (unpaired) electrons. The Kier molecular flexibility index (Phi) is 6.48. The van der Waals surface area contributed by atoms with Crippen molar-refractivity contribution in [3.8, 4) is 5.75 Å². The first-order valence-corrected chi connectivity index (χ1v) is 10.9. The number of hydrogen-bond donors (Lipinski definition) is 3. The lowest BCUT2D eigenvalue weighted by atomic mass is 9.60. The second-order valence-electron chi connectivity index (χ2n) is 8.99. The van der Waals surface area contributed by atoms with Crippen molar-refractivity contribution in [3.05, 3.63) is 53.4 Å². The number of aliphatic hydroxyl groups is 1. The van der Waals surface area contributed by atoms with Crippen molar-refractivity contribution in [2.45, 2.75) is 62.6 Å². The monoisotopic (exact) mass is 478 g/mol. The summed E-state index contributed by atoms with van der Waals surface area (Å²) in [6.45, 7) is 1.33. The Morgan fingerprint density at radius 2 is 1.91 bits per heavy atom. The second kappa shape index (κ2) is 9.21. The first-order valence-electron chi connectivity index (χ1n) is 10.9. The zero-order valence-electron chi connectivity index (χ0n) is 18.5. The average molecular weight is 478 g/mol. The summed E-state index contributed by atoms with van der Waals surface area (Å²) >= 11 is 0. The van der Waals surface area contributed by atoms with Gasteiger partial charge in [0.1, 0.15) is 23.0 Å². The Balaban J connectivity index is 1.33. The lowest BCUT2D eigenvalue weighted by molar-refractivity contribution is -0.129. The highest BCUT2D eigenvalue weighted by Gasteiger charge is 2.55. The van der Waals surface area contributed by atoms with E-state index in [9.17, 15) is 27.9 Å². The number of ether oxygens (including phenoxy) is 1. The van der Waals surface area contributed by atoms with Gasteiger partial charge in [0.05, 0.1) is 24.0 Å². The topological polar surface area (TPSA) is 113 Å². The molecule has 5 rings (SSSR count). The summed E-state index contributed by atoms with van der Waals surface area (Å²) in [5, 5.41) is 16.6. The molecule has 3 aliphatic carbocycles. The quantitative estimate of drug-likeness (QED) is 0.564. The molecule has 3 N–H and O–H groups in total. The number of carbonyl (C=O) groups is 2. The maximum absolute atomic E-state index is 13.6. The fourth-order valence-corrected chi connectivity index (χ4v) is 4.66. The molecule has 3 aliphatic rings. The van der Waals surface area contributed by atoms with Crippen molar-refractivity contribution in [1.29, 1.82) is 0 Å². The molecule has 2 amide bonds. The zero-order valence-corrected chi connectivity index (χ0v) is 18.5. The van der Waals surface area contributed by atoms with Crippen LogP contribution in [-0.2, 0) is 4.79 Å². The average Bonchev–Trinajstić information content (AvgIpc) is 2.81. The molecular weight excluding hydrogens is 453 g/mol. The molecule has 0 saturated heterocycles. The molecule has 2 aromatic rings. The molecule has 0 aliphatic heterocycles. The Labute approximate surface area is 193 Å². The highest BCUT2D eigenvalue weighted by atomic mass is 19.3. The number of hydrogen-bond acceptors (Lipinski definition) is 6. The molecule has 0 unspecified atom stereocenters. The van der Waals surface area contributed by atoms with Gasteiger partial charge in [0.2, 0.25) is 0 Å². The van der Waals surface area contributed by atoms with Crippen LogP contribution in [0.4, 0.5) is 13.2 Å².